The summed E-state index contributed by atoms with van der Waals surface area (Å²) in [6.07, 6.45) is -4.27. The smallest absolute Gasteiger partial charge is 0.480 e. The highest BCUT2D eigenvalue weighted by molar-refractivity contribution is 5.82. The molecule has 0 unspecified atom stereocenters. The van der Waals surface area contributed by atoms with Gasteiger partial charge < -0.3 is 26.6 Å². The van der Waals surface area contributed by atoms with Crippen molar-refractivity contribution >= 4 is 23.8 Å². The summed E-state index contributed by atoms with van der Waals surface area (Å²) in [7, 11) is 0. The molecule has 0 aliphatic heterocycles. The number of rotatable bonds is 6. The highest BCUT2D eigenvalue weighted by Gasteiger charge is 2.38. The molecule has 0 spiro atoms. The maximum atomic E-state index is 10.7. The average Bonchev–Trinajstić information content (AvgIpc) is 2.31. The summed E-state index contributed by atoms with van der Waals surface area (Å²) in [6, 6.07) is -0.878. The highest BCUT2D eigenvalue weighted by atomic mass is 19.4. The summed E-state index contributed by atoms with van der Waals surface area (Å²) in [6.45, 7) is 1.68. The van der Waals surface area contributed by atoms with Crippen molar-refractivity contribution in [2.45, 2.75) is 32.0 Å². The van der Waals surface area contributed by atoms with Crippen molar-refractivity contribution in [1.82, 2.24) is 10.6 Å². The third kappa shape index (κ3) is 13.9. The van der Waals surface area contributed by atoms with E-state index in [0.717, 1.165) is 0 Å². The predicted octanol–water partition coefficient (Wildman–Crippen LogP) is -0.528. The monoisotopic (exact) mass is 330 g/mol. The van der Waals surface area contributed by atoms with Crippen LogP contribution < -0.4 is 16.4 Å². The minimum Gasteiger partial charge on any atom is -0.480 e. The lowest BCUT2D eigenvalue weighted by Crippen LogP contribution is -2.40. The van der Waals surface area contributed by atoms with Crippen molar-refractivity contribution in [3.8, 4) is 0 Å². The molecule has 0 rings (SSSR count). The minimum atomic E-state index is -5.08. The Morgan fingerprint density at radius 3 is 2.00 bits per heavy atom. The molecule has 1 atom stereocenters. The number of carboxylic acids is 2. The van der Waals surface area contributed by atoms with Gasteiger partial charge in [0.1, 0.15) is 6.04 Å². The molecule has 1 amide bonds. The number of aliphatic carboxylic acids is 2. The van der Waals surface area contributed by atoms with E-state index in [2.05, 4.69) is 10.6 Å². The molecule has 0 bridgehead atoms. The lowest BCUT2D eigenvalue weighted by molar-refractivity contribution is -0.192. The fraction of sp³-hybridized carbons (Fsp3) is 0.600. The van der Waals surface area contributed by atoms with Crippen LogP contribution in [-0.4, -0.2) is 52.8 Å². The molecular weight excluding hydrogens is 313 g/mol. The van der Waals surface area contributed by atoms with Gasteiger partial charge in [-0.05, 0) is 12.8 Å². The zero-order valence-corrected chi connectivity index (χ0v) is 11.5. The van der Waals surface area contributed by atoms with Crippen LogP contribution in [-0.2, 0) is 14.4 Å². The number of halogens is 3. The van der Waals surface area contributed by atoms with Crippen LogP contribution in [0.4, 0.5) is 13.2 Å². The predicted molar refractivity (Wildman–Crippen MR) is 68.1 cm³/mol. The van der Waals surface area contributed by atoms with Gasteiger partial charge in [0, 0.05) is 13.5 Å². The molecule has 0 saturated heterocycles. The first-order chi connectivity index (χ1) is 9.87. The fourth-order valence-corrected chi connectivity index (χ4v) is 1.03. The Morgan fingerprint density at radius 1 is 1.27 bits per heavy atom. The summed E-state index contributed by atoms with van der Waals surface area (Å²) in [5, 5.41) is 27.6. The second-order valence-corrected chi connectivity index (χ2v) is 3.88. The third-order valence-corrected chi connectivity index (χ3v) is 1.90. The Kier molecular flexibility index (Phi) is 10.1. The maximum Gasteiger partial charge on any atom is 0.490 e. The number of amides is 1. The molecule has 9 nitrogen and oxygen atoms in total. The van der Waals surface area contributed by atoms with Gasteiger partial charge in [-0.15, -0.1) is 0 Å². The van der Waals surface area contributed by atoms with Crippen LogP contribution in [0.25, 0.3) is 0 Å². The SMILES string of the molecule is CC(=O)N[C@@H](CCCNC(=N)N)C(=O)O.O=C(O)C(F)(F)F. The molecular formula is C10H17F3N4O5. The third-order valence-electron chi connectivity index (χ3n) is 1.90. The number of nitrogens with one attached hydrogen (secondary N) is 3. The van der Waals surface area contributed by atoms with E-state index in [4.69, 9.17) is 26.2 Å². The molecule has 0 aromatic heterocycles. The Hall–Kier alpha value is -2.53. The first-order valence-corrected chi connectivity index (χ1v) is 5.75. The molecule has 7 N–H and O–H groups in total. The second kappa shape index (κ2) is 10.2. The van der Waals surface area contributed by atoms with Crippen LogP contribution in [0.5, 0.6) is 0 Å². The van der Waals surface area contributed by atoms with Crippen molar-refractivity contribution in [2.75, 3.05) is 6.54 Å². The Labute approximate surface area is 123 Å². The van der Waals surface area contributed by atoms with Crippen molar-refractivity contribution in [2.24, 2.45) is 5.73 Å². The van der Waals surface area contributed by atoms with E-state index >= 15 is 0 Å². The largest absolute Gasteiger partial charge is 0.490 e. The van der Waals surface area contributed by atoms with Crippen molar-refractivity contribution < 1.29 is 37.8 Å². The summed E-state index contributed by atoms with van der Waals surface area (Å²) < 4.78 is 31.7. The zero-order chi connectivity index (χ0) is 17.9. The first-order valence-electron chi connectivity index (χ1n) is 5.75. The molecule has 22 heavy (non-hydrogen) atoms. The second-order valence-electron chi connectivity index (χ2n) is 3.88. The Bertz CT molecular complexity index is 414. The van der Waals surface area contributed by atoms with Crippen molar-refractivity contribution in [3.05, 3.63) is 0 Å². The van der Waals surface area contributed by atoms with E-state index in [9.17, 15) is 22.8 Å². The topological polar surface area (TPSA) is 166 Å². The molecule has 0 aliphatic carbocycles. The number of hydrogen-bond donors (Lipinski definition) is 6. The molecule has 128 valence electrons. The van der Waals surface area contributed by atoms with Crippen molar-refractivity contribution in [3.63, 3.8) is 0 Å². The van der Waals surface area contributed by atoms with Gasteiger partial charge in [0.05, 0.1) is 0 Å². The molecule has 0 aliphatic rings. The molecule has 12 heteroatoms. The first kappa shape index (κ1) is 21.8. The molecule has 0 aromatic carbocycles. The normalized spacial score (nSPS) is 11.5. The maximum absolute atomic E-state index is 10.7. The highest BCUT2D eigenvalue weighted by Crippen LogP contribution is 2.13. The number of hydrogen-bond acceptors (Lipinski definition) is 4. The standard InChI is InChI=1S/C8H16N4O3.C2HF3O2/c1-5(13)12-6(7(14)15)3-2-4-11-8(9)10;3-2(4,5)1(6)7/h6H,2-4H2,1H3,(H,12,13)(H,14,15)(H4,9,10,11);(H,6,7)/t6-;/m0./s1. The Balaban J connectivity index is 0. The lowest BCUT2D eigenvalue weighted by Gasteiger charge is -2.12. The Morgan fingerprint density at radius 2 is 1.73 bits per heavy atom. The quantitative estimate of drug-likeness (QED) is 0.216. The van der Waals surface area contributed by atoms with E-state index in [-0.39, 0.29) is 11.9 Å². The van der Waals surface area contributed by atoms with Crippen LogP contribution in [0.15, 0.2) is 0 Å². The van der Waals surface area contributed by atoms with Crippen molar-refractivity contribution in [1.29, 1.82) is 5.41 Å². The summed E-state index contributed by atoms with van der Waals surface area (Å²) in [4.78, 5) is 30.2. The molecule has 0 radical (unpaired) electrons. The van der Waals surface area contributed by atoms with E-state index < -0.39 is 24.2 Å². The zero-order valence-electron chi connectivity index (χ0n) is 11.5. The van der Waals surface area contributed by atoms with Gasteiger partial charge in [-0.1, -0.05) is 0 Å². The van der Waals surface area contributed by atoms with Gasteiger partial charge in [-0.25, -0.2) is 9.59 Å². The van der Waals surface area contributed by atoms with Gasteiger partial charge in [-0.2, -0.15) is 13.2 Å². The lowest BCUT2D eigenvalue weighted by atomic mass is 10.1. The fourth-order valence-electron chi connectivity index (χ4n) is 1.03. The van der Waals surface area contributed by atoms with Gasteiger partial charge >= 0.3 is 18.1 Å². The van der Waals surface area contributed by atoms with E-state index in [1.807, 2.05) is 0 Å². The number of carboxylic acid groups (broad SMARTS) is 2. The number of guanidine groups is 1. The summed E-state index contributed by atoms with van der Waals surface area (Å²) >= 11 is 0. The van der Waals surface area contributed by atoms with Gasteiger partial charge in [0.15, 0.2) is 5.96 Å². The van der Waals surface area contributed by atoms with Gasteiger partial charge in [0.2, 0.25) is 5.91 Å². The number of carbonyl (C=O) groups excluding carboxylic acids is 1. The number of carbonyl (C=O) groups is 3. The average molecular weight is 330 g/mol. The van der Waals surface area contributed by atoms with Crippen LogP contribution in [0.3, 0.4) is 0 Å². The van der Waals surface area contributed by atoms with Gasteiger partial charge in [-0.3, -0.25) is 10.2 Å². The van der Waals surface area contributed by atoms with E-state index in [0.29, 0.717) is 19.4 Å². The number of alkyl halides is 3. The van der Waals surface area contributed by atoms with E-state index in [1.165, 1.54) is 6.92 Å². The van der Waals surface area contributed by atoms with Crippen LogP contribution >= 0.6 is 0 Å². The van der Waals surface area contributed by atoms with Crippen LogP contribution in [0, 0.1) is 5.41 Å². The summed E-state index contributed by atoms with van der Waals surface area (Å²) in [5.41, 5.74) is 5.04. The van der Waals surface area contributed by atoms with Crippen LogP contribution in [0.1, 0.15) is 19.8 Å². The van der Waals surface area contributed by atoms with E-state index in [1.54, 1.807) is 0 Å². The molecule has 0 heterocycles. The molecule has 0 fully saturated rings. The summed E-state index contributed by atoms with van der Waals surface area (Å²) in [5.74, 6) is -4.34. The number of nitrogens with two attached hydrogens (primary N) is 1. The van der Waals surface area contributed by atoms with Gasteiger partial charge in [0.25, 0.3) is 0 Å². The molecule has 0 saturated carbocycles. The molecule has 0 aromatic rings. The van der Waals surface area contributed by atoms with Crippen LogP contribution in [0.2, 0.25) is 0 Å². The minimum absolute atomic E-state index is 0.151.